The van der Waals surface area contributed by atoms with Crippen LogP contribution < -0.4 is 0 Å². The number of imidazole rings is 1. The second kappa shape index (κ2) is 8.82. The second-order valence-electron chi connectivity index (χ2n) is 8.29. The first kappa shape index (κ1) is 19.6. The van der Waals surface area contributed by atoms with Crippen molar-refractivity contribution < 1.29 is 0 Å². The van der Waals surface area contributed by atoms with Crippen LogP contribution in [0.25, 0.3) is 22.6 Å². The quantitative estimate of drug-likeness (QED) is 0.469. The van der Waals surface area contributed by atoms with Crippen LogP contribution in [-0.4, -0.2) is 37.5 Å². The van der Waals surface area contributed by atoms with Crippen molar-refractivity contribution in [2.75, 3.05) is 13.1 Å². The Bertz CT molecular complexity index is 1110. The van der Waals surface area contributed by atoms with Crippen molar-refractivity contribution in [1.29, 1.82) is 0 Å². The molecule has 31 heavy (non-hydrogen) atoms. The molecule has 0 aliphatic carbocycles. The third-order valence-corrected chi connectivity index (χ3v) is 6.09. The molecule has 0 amide bonds. The first-order valence-corrected chi connectivity index (χ1v) is 10.9. The predicted octanol–water partition coefficient (Wildman–Crippen LogP) is 4.92. The summed E-state index contributed by atoms with van der Waals surface area (Å²) in [5, 5.41) is 0. The minimum atomic E-state index is 0.496. The third kappa shape index (κ3) is 4.42. The van der Waals surface area contributed by atoms with Crippen LogP contribution in [0.15, 0.2) is 79.3 Å². The van der Waals surface area contributed by atoms with Gasteiger partial charge in [0.2, 0.25) is 0 Å². The summed E-state index contributed by atoms with van der Waals surface area (Å²) in [6, 6.07) is 20.8. The van der Waals surface area contributed by atoms with Gasteiger partial charge in [0.1, 0.15) is 5.82 Å². The van der Waals surface area contributed by atoms with Gasteiger partial charge in [-0.1, -0.05) is 60.7 Å². The molecule has 0 spiro atoms. The van der Waals surface area contributed by atoms with Crippen LogP contribution in [0.1, 0.15) is 30.1 Å². The summed E-state index contributed by atoms with van der Waals surface area (Å²) < 4.78 is 2.18. The smallest absolute Gasteiger partial charge is 0.159 e. The lowest BCUT2D eigenvalue weighted by atomic mass is 9.95. The number of hydrogen-bond donors (Lipinski definition) is 0. The Balaban J connectivity index is 1.26. The molecule has 1 aliphatic rings. The number of hydrogen-bond acceptors (Lipinski definition) is 4. The summed E-state index contributed by atoms with van der Waals surface area (Å²) in [6.45, 7) is 3.25. The average Bonchev–Trinajstić information content (AvgIpc) is 3.22. The Kier molecular flexibility index (Phi) is 5.59. The monoisotopic (exact) mass is 409 g/mol. The van der Waals surface area contributed by atoms with E-state index in [4.69, 9.17) is 4.98 Å². The summed E-state index contributed by atoms with van der Waals surface area (Å²) in [5.41, 5.74) is 4.32. The SMILES string of the molecule is Cn1cc(-c2cnc(-c3ccccc3)nc2)nc1C1CCN(Cc2ccccc2)CC1. The van der Waals surface area contributed by atoms with Gasteiger partial charge in [0.05, 0.1) is 5.69 Å². The highest BCUT2D eigenvalue weighted by Gasteiger charge is 2.24. The van der Waals surface area contributed by atoms with E-state index in [2.05, 4.69) is 63.0 Å². The van der Waals surface area contributed by atoms with Gasteiger partial charge in [-0.3, -0.25) is 4.90 Å². The number of likely N-dealkylation sites (tertiary alicyclic amines) is 1. The molecule has 1 saturated heterocycles. The predicted molar refractivity (Wildman–Crippen MR) is 123 cm³/mol. The van der Waals surface area contributed by atoms with E-state index in [-0.39, 0.29) is 0 Å². The van der Waals surface area contributed by atoms with E-state index in [1.54, 1.807) is 0 Å². The summed E-state index contributed by atoms with van der Waals surface area (Å²) in [6.07, 6.45) is 8.14. The van der Waals surface area contributed by atoms with Crippen molar-refractivity contribution in [2.24, 2.45) is 7.05 Å². The van der Waals surface area contributed by atoms with Crippen molar-refractivity contribution in [3.05, 3.63) is 90.6 Å². The average molecular weight is 410 g/mol. The fourth-order valence-electron chi connectivity index (χ4n) is 4.39. The Hall–Kier alpha value is -3.31. The molecule has 156 valence electrons. The minimum Gasteiger partial charge on any atom is -0.337 e. The number of piperidine rings is 1. The van der Waals surface area contributed by atoms with Gasteiger partial charge in [0.15, 0.2) is 5.82 Å². The molecule has 0 bridgehead atoms. The zero-order valence-corrected chi connectivity index (χ0v) is 17.9. The zero-order valence-electron chi connectivity index (χ0n) is 17.9. The fraction of sp³-hybridized carbons (Fsp3) is 0.269. The molecule has 5 rings (SSSR count). The molecule has 2 aromatic heterocycles. The van der Waals surface area contributed by atoms with E-state index in [1.165, 1.54) is 11.4 Å². The molecule has 0 atom stereocenters. The van der Waals surface area contributed by atoms with Crippen molar-refractivity contribution in [2.45, 2.75) is 25.3 Å². The van der Waals surface area contributed by atoms with Crippen molar-refractivity contribution in [3.63, 3.8) is 0 Å². The maximum absolute atomic E-state index is 4.98. The van der Waals surface area contributed by atoms with Gasteiger partial charge in [0.25, 0.3) is 0 Å². The third-order valence-electron chi connectivity index (χ3n) is 6.09. The van der Waals surface area contributed by atoms with Gasteiger partial charge in [-0.15, -0.1) is 0 Å². The maximum atomic E-state index is 4.98. The van der Waals surface area contributed by atoms with Gasteiger partial charge < -0.3 is 4.57 Å². The first-order valence-electron chi connectivity index (χ1n) is 10.9. The number of rotatable bonds is 5. The lowest BCUT2D eigenvalue weighted by Gasteiger charge is -2.31. The molecule has 5 nitrogen and oxygen atoms in total. The minimum absolute atomic E-state index is 0.496. The summed E-state index contributed by atoms with van der Waals surface area (Å²) in [5.74, 6) is 2.41. The molecule has 5 heteroatoms. The molecule has 0 unspecified atom stereocenters. The number of aromatic nitrogens is 4. The Morgan fingerprint density at radius 2 is 1.48 bits per heavy atom. The highest BCUT2D eigenvalue weighted by Crippen LogP contribution is 2.30. The van der Waals surface area contributed by atoms with Crippen molar-refractivity contribution in [3.8, 4) is 22.6 Å². The second-order valence-corrected chi connectivity index (χ2v) is 8.29. The van der Waals surface area contributed by atoms with Crippen LogP contribution in [0, 0.1) is 0 Å². The first-order chi connectivity index (χ1) is 15.3. The number of nitrogens with zero attached hydrogens (tertiary/aromatic N) is 5. The molecule has 2 aromatic carbocycles. The van der Waals surface area contributed by atoms with Crippen LogP contribution in [-0.2, 0) is 13.6 Å². The fourth-order valence-corrected chi connectivity index (χ4v) is 4.39. The van der Waals surface area contributed by atoms with Gasteiger partial charge in [-0.25, -0.2) is 15.0 Å². The number of benzene rings is 2. The van der Waals surface area contributed by atoms with E-state index >= 15 is 0 Å². The van der Waals surface area contributed by atoms with Crippen molar-refractivity contribution >= 4 is 0 Å². The van der Waals surface area contributed by atoms with Gasteiger partial charge >= 0.3 is 0 Å². The molecule has 0 N–H and O–H groups in total. The van der Waals surface area contributed by atoms with Crippen molar-refractivity contribution in [1.82, 2.24) is 24.4 Å². The maximum Gasteiger partial charge on any atom is 0.159 e. The highest BCUT2D eigenvalue weighted by molar-refractivity contribution is 5.60. The van der Waals surface area contributed by atoms with E-state index in [0.717, 1.165) is 55.1 Å². The summed E-state index contributed by atoms with van der Waals surface area (Å²) in [7, 11) is 2.10. The molecule has 1 fully saturated rings. The Morgan fingerprint density at radius 1 is 0.839 bits per heavy atom. The van der Waals surface area contributed by atoms with E-state index < -0.39 is 0 Å². The molecule has 1 aliphatic heterocycles. The standard InChI is InChI=1S/C26H27N5/c1-30-19-24(23-16-27-25(28-17-23)21-10-6-3-7-11-21)29-26(30)22-12-14-31(15-13-22)18-20-8-4-2-5-9-20/h2-11,16-17,19,22H,12-15,18H2,1H3. The van der Waals surface area contributed by atoms with Gasteiger partial charge in [0, 0.05) is 49.2 Å². The van der Waals surface area contributed by atoms with Gasteiger partial charge in [-0.2, -0.15) is 0 Å². The Labute approximate surface area is 183 Å². The molecular formula is C26H27N5. The normalized spacial score (nSPS) is 15.3. The van der Waals surface area contributed by atoms with Crippen LogP contribution in [0.2, 0.25) is 0 Å². The summed E-state index contributed by atoms with van der Waals surface area (Å²) >= 11 is 0. The molecule has 0 radical (unpaired) electrons. The zero-order chi connectivity index (χ0) is 21.0. The lowest BCUT2D eigenvalue weighted by molar-refractivity contribution is 0.200. The topological polar surface area (TPSA) is 46.8 Å². The molecule has 0 saturated carbocycles. The summed E-state index contributed by atoms with van der Waals surface area (Å²) in [4.78, 5) is 16.6. The highest BCUT2D eigenvalue weighted by atomic mass is 15.1. The van der Waals surface area contributed by atoms with E-state index in [9.17, 15) is 0 Å². The Morgan fingerprint density at radius 3 is 2.16 bits per heavy atom. The number of aryl methyl sites for hydroxylation is 1. The van der Waals surface area contributed by atoms with E-state index in [1.807, 2.05) is 42.7 Å². The van der Waals surface area contributed by atoms with Crippen LogP contribution in [0.3, 0.4) is 0 Å². The van der Waals surface area contributed by atoms with Crippen LogP contribution in [0.5, 0.6) is 0 Å². The molecule has 4 aromatic rings. The molecule has 3 heterocycles. The van der Waals surface area contributed by atoms with E-state index in [0.29, 0.717) is 5.92 Å². The van der Waals surface area contributed by atoms with Crippen LogP contribution in [0.4, 0.5) is 0 Å². The lowest BCUT2D eigenvalue weighted by Crippen LogP contribution is -2.33. The van der Waals surface area contributed by atoms with Gasteiger partial charge in [-0.05, 0) is 31.5 Å². The van der Waals surface area contributed by atoms with Crippen LogP contribution >= 0.6 is 0 Å². The largest absolute Gasteiger partial charge is 0.337 e. The molecular weight excluding hydrogens is 382 g/mol.